The molecular formula is C22H23N5O4S2. The third kappa shape index (κ3) is 4.22. The lowest BCUT2D eigenvalue weighted by Gasteiger charge is -2.15. The summed E-state index contributed by atoms with van der Waals surface area (Å²) < 4.78 is 31.6. The number of nitrogens with zero attached hydrogens (tertiary/aromatic N) is 4. The molecule has 0 saturated carbocycles. The largest absolute Gasteiger partial charge is 0.497 e. The number of aryl methyl sites for hydroxylation is 1. The van der Waals surface area contributed by atoms with Crippen molar-refractivity contribution in [3.63, 3.8) is 0 Å². The molecule has 3 aromatic rings. The van der Waals surface area contributed by atoms with Gasteiger partial charge in [0.25, 0.3) is 5.91 Å². The van der Waals surface area contributed by atoms with E-state index in [-0.39, 0.29) is 29.1 Å². The van der Waals surface area contributed by atoms with Crippen molar-refractivity contribution in [2.75, 3.05) is 30.9 Å². The molecule has 1 fully saturated rings. The Morgan fingerprint density at radius 1 is 1.27 bits per heavy atom. The number of fused-ring (bicyclic) bond motifs is 1. The lowest BCUT2D eigenvalue weighted by atomic mass is 10.1. The fraction of sp³-hybridized carbons (Fsp3) is 0.364. The van der Waals surface area contributed by atoms with Gasteiger partial charge in [0.1, 0.15) is 17.1 Å². The van der Waals surface area contributed by atoms with Gasteiger partial charge in [-0.05, 0) is 31.5 Å². The van der Waals surface area contributed by atoms with Crippen LogP contribution in [0.5, 0.6) is 5.75 Å². The van der Waals surface area contributed by atoms with Gasteiger partial charge in [-0.2, -0.15) is 0 Å². The van der Waals surface area contributed by atoms with Crippen LogP contribution in [-0.2, 0) is 9.84 Å². The fourth-order valence-corrected chi connectivity index (χ4v) is 6.73. The predicted molar refractivity (Wildman–Crippen MR) is 129 cm³/mol. The Kier molecular flexibility index (Phi) is 5.61. The minimum atomic E-state index is -3.10. The molecule has 0 aliphatic carbocycles. The summed E-state index contributed by atoms with van der Waals surface area (Å²) in [5.41, 5.74) is 2.68. The molecule has 0 spiro atoms. The molecule has 5 rings (SSSR count). The third-order valence-electron chi connectivity index (χ3n) is 5.81. The molecule has 11 heteroatoms. The predicted octanol–water partition coefficient (Wildman–Crippen LogP) is 2.61. The van der Waals surface area contributed by atoms with Crippen molar-refractivity contribution in [2.45, 2.75) is 19.4 Å². The Labute approximate surface area is 195 Å². The molecule has 2 aromatic heterocycles. The van der Waals surface area contributed by atoms with Crippen LogP contribution in [0.15, 0.2) is 35.3 Å². The van der Waals surface area contributed by atoms with Gasteiger partial charge >= 0.3 is 0 Å². The second kappa shape index (κ2) is 8.45. The molecule has 2 aliphatic rings. The number of hydrogen-bond donors (Lipinski definition) is 1. The number of imidazole rings is 1. The van der Waals surface area contributed by atoms with E-state index in [4.69, 9.17) is 4.74 Å². The van der Waals surface area contributed by atoms with Crippen LogP contribution in [0.2, 0.25) is 0 Å². The van der Waals surface area contributed by atoms with Crippen molar-refractivity contribution in [3.8, 4) is 17.0 Å². The van der Waals surface area contributed by atoms with Gasteiger partial charge in [0, 0.05) is 11.3 Å². The van der Waals surface area contributed by atoms with Gasteiger partial charge in [-0.3, -0.25) is 15.1 Å². The molecule has 4 heterocycles. The molecular weight excluding hydrogens is 462 g/mol. The summed E-state index contributed by atoms with van der Waals surface area (Å²) in [6.07, 6.45) is 0.514. The molecule has 1 amide bonds. The van der Waals surface area contributed by atoms with Crippen LogP contribution >= 0.6 is 11.8 Å². The Hall–Kier alpha value is -2.92. The summed E-state index contributed by atoms with van der Waals surface area (Å²) in [5, 5.41) is 3.41. The van der Waals surface area contributed by atoms with Gasteiger partial charge in [0.05, 0.1) is 42.4 Å². The van der Waals surface area contributed by atoms with Crippen molar-refractivity contribution in [3.05, 3.63) is 41.9 Å². The van der Waals surface area contributed by atoms with Crippen molar-refractivity contribution in [1.29, 1.82) is 0 Å². The first kappa shape index (κ1) is 21.9. The standard InChI is InChI=1S/C22H23N5O4S2/c1-13-24-19-18(27(13)15-6-9-33(29,30)12-15)11-17(14-4-3-5-16(10-14)31-2)25-20(19)21(28)26-22-23-7-8-32-22/h3-5,10-11,15H,6-9,12H2,1-2H3,(H,23,26,28). The Morgan fingerprint density at radius 3 is 2.82 bits per heavy atom. The van der Waals surface area contributed by atoms with Crippen LogP contribution in [0.25, 0.3) is 22.3 Å². The number of thioether (sulfide) groups is 1. The van der Waals surface area contributed by atoms with E-state index >= 15 is 0 Å². The number of benzene rings is 1. The summed E-state index contributed by atoms with van der Waals surface area (Å²) in [5.74, 6) is 1.97. The van der Waals surface area contributed by atoms with Crippen molar-refractivity contribution in [2.24, 2.45) is 4.99 Å². The van der Waals surface area contributed by atoms with Gasteiger partial charge in [0.2, 0.25) is 0 Å². The summed E-state index contributed by atoms with van der Waals surface area (Å²) in [7, 11) is -1.51. The zero-order valence-electron chi connectivity index (χ0n) is 18.2. The van der Waals surface area contributed by atoms with Crippen molar-refractivity contribution >= 4 is 43.7 Å². The molecule has 1 unspecified atom stereocenters. The number of nitrogens with one attached hydrogen (secondary N) is 1. The zero-order chi connectivity index (χ0) is 23.2. The van der Waals surface area contributed by atoms with E-state index in [1.807, 2.05) is 41.8 Å². The fourth-order valence-electron chi connectivity index (χ4n) is 4.30. The molecule has 9 nitrogen and oxygen atoms in total. The number of hydrogen-bond acceptors (Lipinski definition) is 8. The maximum Gasteiger partial charge on any atom is 0.278 e. The lowest BCUT2D eigenvalue weighted by molar-refractivity contribution is 0.0975. The van der Waals surface area contributed by atoms with Crippen LogP contribution in [0, 0.1) is 6.92 Å². The maximum absolute atomic E-state index is 13.2. The number of carbonyl (C=O) groups excluding carboxylic acids is 1. The van der Waals surface area contributed by atoms with Crippen LogP contribution < -0.4 is 10.1 Å². The normalized spacial score (nSPS) is 19.6. The molecule has 0 bridgehead atoms. The molecule has 1 atom stereocenters. The molecule has 1 saturated heterocycles. The van der Waals surface area contributed by atoms with E-state index in [1.54, 1.807) is 7.11 Å². The van der Waals surface area contributed by atoms with E-state index in [9.17, 15) is 13.2 Å². The van der Waals surface area contributed by atoms with Gasteiger partial charge in [-0.25, -0.2) is 18.4 Å². The molecule has 172 valence electrons. The van der Waals surface area contributed by atoms with Crippen LogP contribution in [0.1, 0.15) is 28.8 Å². The number of sulfone groups is 1. The summed E-state index contributed by atoms with van der Waals surface area (Å²) >= 11 is 1.49. The summed E-state index contributed by atoms with van der Waals surface area (Å²) in [6.45, 7) is 2.49. The summed E-state index contributed by atoms with van der Waals surface area (Å²) in [6, 6.07) is 9.07. The maximum atomic E-state index is 13.2. The van der Waals surface area contributed by atoms with Gasteiger partial charge < -0.3 is 9.30 Å². The monoisotopic (exact) mass is 485 g/mol. The van der Waals surface area contributed by atoms with E-state index in [1.165, 1.54) is 11.8 Å². The molecule has 1 N–H and O–H groups in total. The number of ether oxygens (including phenoxy) is 1. The SMILES string of the molecule is COc1cccc(-c2cc3c(nc(C)n3C3CCS(=O)(=O)C3)c(C(=O)NC3=NCCS3)n2)c1. The summed E-state index contributed by atoms with van der Waals surface area (Å²) in [4.78, 5) is 26.8. The van der Waals surface area contributed by atoms with Gasteiger partial charge in [-0.15, -0.1) is 0 Å². The van der Waals surface area contributed by atoms with E-state index in [2.05, 4.69) is 20.3 Å². The lowest BCUT2D eigenvalue weighted by Crippen LogP contribution is -2.28. The molecule has 2 aliphatic heterocycles. The number of aliphatic imine (C=N–C) groups is 1. The second-order valence-electron chi connectivity index (χ2n) is 8.03. The van der Waals surface area contributed by atoms with Crippen LogP contribution in [0.3, 0.4) is 0 Å². The van der Waals surface area contributed by atoms with Gasteiger partial charge in [-0.1, -0.05) is 23.9 Å². The Morgan fingerprint density at radius 2 is 2.12 bits per heavy atom. The molecule has 33 heavy (non-hydrogen) atoms. The Bertz CT molecular complexity index is 1400. The molecule has 1 aromatic carbocycles. The van der Waals surface area contributed by atoms with Crippen LogP contribution in [-0.4, -0.2) is 64.9 Å². The number of carbonyl (C=O) groups is 1. The highest BCUT2D eigenvalue weighted by Gasteiger charge is 2.32. The second-order valence-corrected chi connectivity index (χ2v) is 11.3. The highest BCUT2D eigenvalue weighted by atomic mass is 32.2. The van der Waals surface area contributed by atoms with Crippen LogP contribution in [0.4, 0.5) is 0 Å². The minimum Gasteiger partial charge on any atom is -0.497 e. The first-order valence-electron chi connectivity index (χ1n) is 10.6. The average molecular weight is 486 g/mol. The zero-order valence-corrected chi connectivity index (χ0v) is 19.9. The molecule has 0 radical (unpaired) electrons. The highest BCUT2D eigenvalue weighted by molar-refractivity contribution is 8.14. The first-order valence-corrected chi connectivity index (χ1v) is 13.4. The number of aromatic nitrogens is 3. The number of methoxy groups -OCH3 is 1. The highest BCUT2D eigenvalue weighted by Crippen LogP contribution is 2.33. The van der Waals surface area contributed by atoms with E-state index < -0.39 is 9.84 Å². The average Bonchev–Trinajstić information content (AvgIpc) is 3.51. The van der Waals surface area contributed by atoms with E-state index in [0.29, 0.717) is 46.4 Å². The topological polar surface area (TPSA) is 116 Å². The van der Waals surface area contributed by atoms with Crippen molar-refractivity contribution < 1.29 is 17.9 Å². The van der Waals surface area contributed by atoms with E-state index in [0.717, 1.165) is 11.3 Å². The third-order valence-corrected chi connectivity index (χ3v) is 8.46. The smallest absolute Gasteiger partial charge is 0.278 e. The quantitative estimate of drug-likeness (QED) is 0.604. The number of pyridine rings is 1. The van der Waals surface area contributed by atoms with Gasteiger partial charge in [0.15, 0.2) is 20.7 Å². The minimum absolute atomic E-state index is 0.0606. The first-order chi connectivity index (χ1) is 15.8. The Balaban J connectivity index is 1.68. The number of amides is 1. The van der Waals surface area contributed by atoms with Crippen molar-refractivity contribution in [1.82, 2.24) is 19.9 Å². The number of amidine groups is 1. The number of rotatable bonds is 4.